The predicted octanol–water partition coefficient (Wildman–Crippen LogP) is 1.17. The van der Waals surface area contributed by atoms with Gasteiger partial charge in [0.15, 0.2) is 0 Å². The van der Waals surface area contributed by atoms with Gasteiger partial charge in [0, 0.05) is 6.54 Å². The number of methoxy groups -OCH3 is 1. The van der Waals surface area contributed by atoms with Gasteiger partial charge in [-0.3, -0.25) is 4.79 Å². The highest BCUT2D eigenvalue weighted by Gasteiger charge is 2.35. The molecule has 1 aromatic rings. The number of benzene rings is 1. The highest BCUT2D eigenvalue weighted by molar-refractivity contribution is 6.09. The number of hydrogen-bond donors (Lipinski definition) is 2. The number of amides is 1. The number of aliphatic hydroxyl groups excluding tert-OH is 1. The van der Waals surface area contributed by atoms with E-state index in [0.717, 1.165) is 0 Å². The molecular weight excluding hydrogens is 352 g/mol. The molecule has 0 atom stereocenters. The van der Waals surface area contributed by atoms with Crippen LogP contribution in [0.3, 0.4) is 0 Å². The summed E-state index contributed by atoms with van der Waals surface area (Å²) in [4.78, 5) is 38.3. The molecule has 0 unspecified atom stereocenters. The summed E-state index contributed by atoms with van der Waals surface area (Å²) in [5.74, 6) is -1.43. The minimum absolute atomic E-state index is 0.0222. The first-order valence-corrected chi connectivity index (χ1v) is 8.63. The molecule has 0 bridgehead atoms. The number of anilines is 1. The maximum absolute atomic E-state index is 12.6. The van der Waals surface area contributed by atoms with E-state index in [1.807, 2.05) is 13.8 Å². The van der Waals surface area contributed by atoms with Crippen LogP contribution in [0.15, 0.2) is 35.5 Å². The Morgan fingerprint density at radius 1 is 1.26 bits per heavy atom. The molecule has 0 spiro atoms. The van der Waals surface area contributed by atoms with Crippen LogP contribution in [0.2, 0.25) is 0 Å². The van der Waals surface area contributed by atoms with Crippen molar-refractivity contribution in [2.24, 2.45) is 5.92 Å². The fourth-order valence-corrected chi connectivity index (χ4v) is 2.57. The average molecular weight is 376 g/mol. The molecule has 27 heavy (non-hydrogen) atoms. The summed E-state index contributed by atoms with van der Waals surface area (Å²) >= 11 is 0. The quantitative estimate of drug-likeness (QED) is 0.656. The van der Waals surface area contributed by atoms with Gasteiger partial charge in [-0.25, -0.2) is 9.59 Å². The van der Waals surface area contributed by atoms with Gasteiger partial charge in [0.05, 0.1) is 43.7 Å². The van der Waals surface area contributed by atoms with Crippen LogP contribution in [0.1, 0.15) is 24.2 Å². The lowest BCUT2D eigenvalue weighted by Crippen LogP contribution is -2.31. The zero-order chi connectivity index (χ0) is 20.0. The molecule has 1 aliphatic rings. The minimum Gasteiger partial charge on any atom is -0.466 e. The summed E-state index contributed by atoms with van der Waals surface area (Å²) in [6.45, 7) is 4.00. The Labute approximate surface area is 157 Å². The third-order valence-corrected chi connectivity index (χ3v) is 3.91. The second kappa shape index (κ2) is 9.18. The first-order chi connectivity index (χ1) is 12.9. The van der Waals surface area contributed by atoms with E-state index in [0.29, 0.717) is 5.69 Å². The van der Waals surface area contributed by atoms with E-state index in [4.69, 9.17) is 14.6 Å². The summed E-state index contributed by atoms with van der Waals surface area (Å²) in [5.41, 5.74) is 0.769. The van der Waals surface area contributed by atoms with Gasteiger partial charge in [0.25, 0.3) is 5.91 Å². The standard InChI is InChI=1S/C19H24N2O6/c1-12(2)11-27-19(25)13-6-4-5-7-15(13)20-16-14(18(24)26-3)10-21(8-9-22)17(16)23/h4-7,12,20,22H,8-11H2,1-3H3. The topological polar surface area (TPSA) is 105 Å². The van der Waals surface area contributed by atoms with Crippen molar-refractivity contribution >= 4 is 23.5 Å². The fraction of sp³-hybridized carbons (Fsp3) is 0.421. The summed E-state index contributed by atoms with van der Waals surface area (Å²) < 4.78 is 10.0. The summed E-state index contributed by atoms with van der Waals surface area (Å²) in [6.07, 6.45) is 0. The van der Waals surface area contributed by atoms with Gasteiger partial charge < -0.3 is 24.8 Å². The van der Waals surface area contributed by atoms with Gasteiger partial charge >= 0.3 is 11.9 Å². The number of para-hydroxylation sites is 1. The minimum atomic E-state index is -0.647. The Balaban J connectivity index is 2.32. The van der Waals surface area contributed by atoms with Crippen molar-refractivity contribution in [1.82, 2.24) is 4.90 Å². The van der Waals surface area contributed by atoms with E-state index < -0.39 is 17.8 Å². The van der Waals surface area contributed by atoms with Crippen LogP contribution in [-0.2, 0) is 19.1 Å². The van der Waals surface area contributed by atoms with Crippen molar-refractivity contribution in [1.29, 1.82) is 0 Å². The number of carbonyl (C=O) groups is 3. The molecule has 0 saturated carbocycles. The summed E-state index contributed by atoms with van der Waals surface area (Å²) in [5, 5.41) is 12.0. The number of nitrogens with one attached hydrogen (secondary N) is 1. The maximum Gasteiger partial charge on any atom is 0.340 e. The van der Waals surface area contributed by atoms with E-state index in [1.165, 1.54) is 12.0 Å². The zero-order valence-corrected chi connectivity index (χ0v) is 15.7. The number of esters is 2. The van der Waals surface area contributed by atoms with Gasteiger partial charge in [-0.2, -0.15) is 0 Å². The Bertz CT molecular complexity index is 756. The second-order valence-electron chi connectivity index (χ2n) is 6.46. The molecule has 1 heterocycles. The van der Waals surface area contributed by atoms with Gasteiger partial charge in [0.2, 0.25) is 0 Å². The molecule has 0 aliphatic carbocycles. The first kappa shape index (κ1) is 20.4. The van der Waals surface area contributed by atoms with Gasteiger partial charge in [-0.1, -0.05) is 26.0 Å². The van der Waals surface area contributed by atoms with Crippen LogP contribution >= 0.6 is 0 Å². The van der Waals surface area contributed by atoms with Crippen molar-refractivity contribution in [2.45, 2.75) is 13.8 Å². The lowest BCUT2D eigenvalue weighted by Gasteiger charge is -2.16. The molecule has 146 valence electrons. The second-order valence-corrected chi connectivity index (χ2v) is 6.46. The Hall–Kier alpha value is -2.87. The molecule has 0 saturated heterocycles. The lowest BCUT2D eigenvalue weighted by atomic mass is 10.1. The van der Waals surface area contributed by atoms with Gasteiger partial charge in [-0.05, 0) is 18.1 Å². The Morgan fingerprint density at radius 2 is 1.96 bits per heavy atom. The number of β-amino-alcohol motifs (C(OH)–C–C–N with tert-alkyl or cyclic N) is 1. The maximum atomic E-state index is 12.6. The summed E-state index contributed by atoms with van der Waals surface area (Å²) in [7, 11) is 1.23. The van der Waals surface area contributed by atoms with Crippen molar-refractivity contribution in [3.05, 3.63) is 41.1 Å². The number of aliphatic hydroxyl groups is 1. The van der Waals surface area contributed by atoms with Gasteiger partial charge in [0.1, 0.15) is 5.70 Å². The number of nitrogens with zero attached hydrogens (tertiary/aromatic N) is 1. The van der Waals surface area contributed by atoms with E-state index in [2.05, 4.69) is 5.32 Å². The Kier molecular flexibility index (Phi) is 6.95. The van der Waals surface area contributed by atoms with Crippen molar-refractivity contribution in [3.63, 3.8) is 0 Å². The largest absolute Gasteiger partial charge is 0.466 e. The number of carbonyl (C=O) groups excluding carboxylic acids is 3. The molecule has 1 aromatic carbocycles. The average Bonchev–Trinajstić information content (AvgIpc) is 2.96. The van der Waals surface area contributed by atoms with Crippen LogP contribution in [0.5, 0.6) is 0 Å². The molecular formula is C19H24N2O6. The van der Waals surface area contributed by atoms with E-state index >= 15 is 0 Å². The number of hydrogen-bond acceptors (Lipinski definition) is 7. The smallest absolute Gasteiger partial charge is 0.340 e. The third kappa shape index (κ3) is 4.85. The highest BCUT2D eigenvalue weighted by atomic mass is 16.5. The molecule has 1 amide bonds. The van der Waals surface area contributed by atoms with Crippen LogP contribution in [0.4, 0.5) is 5.69 Å². The fourth-order valence-electron chi connectivity index (χ4n) is 2.57. The van der Waals surface area contributed by atoms with Crippen LogP contribution < -0.4 is 5.32 Å². The van der Waals surface area contributed by atoms with Crippen LogP contribution in [0, 0.1) is 5.92 Å². The third-order valence-electron chi connectivity index (χ3n) is 3.91. The summed E-state index contributed by atoms with van der Waals surface area (Å²) in [6, 6.07) is 6.58. The van der Waals surface area contributed by atoms with Crippen molar-refractivity contribution in [3.8, 4) is 0 Å². The molecule has 0 radical (unpaired) electrons. The lowest BCUT2D eigenvalue weighted by molar-refractivity contribution is -0.136. The predicted molar refractivity (Wildman–Crippen MR) is 97.9 cm³/mol. The molecule has 0 fully saturated rings. The molecule has 8 heteroatoms. The van der Waals surface area contributed by atoms with Crippen molar-refractivity contribution < 1.29 is 29.0 Å². The van der Waals surface area contributed by atoms with E-state index in [1.54, 1.807) is 24.3 Å². The number of ether oxygens (including phenoxy) is 2. The van der Waals surface area contributed by atoms with Crippen molar-refractivity contribution in [2.75, 3.05) is 38.7 Å². The monoisotopic (exact) mass is 376 g/mol. The highest BCUT2D eigenvalue weighted by Crippen LogP contribution is 2.25. The molecule has 1 aliphatic heterocycles. The molecule has 0 aromatic heterocycles. The number of rotatable bonds is 8. The molecule has 8 nitrogen and oxygen atoms in total. The van der Waals surface area contributed by atoms with Crippen LogP contribution in [-0.4, -0.2) is 61.3 Å². The van der Waals surface area contributed by atoms with Crippen LogP contribution in [0.25, 0.3) is 0 Å². The molecule has 2 N–H and O–H groups in total. The van der Waals surface area contributed by atoms with E-state index in [-0.39, 0.29) is 49.1 Å². The molecule has 2 rings (SSSR count). The first-order valence-electron chi connectivity index (χ1n) is 8.63. The van der Waals surface area contributed by atoms with Gasteiger partial charge in [-0.15, -0.1) is 0 Å². The normalized spacial score (nSPS) is 14.0. The Morgan fingerprint density at radius 3 is 2.59 bits per heavy atom. The zero-order valence-electron chi connectivity index (χ0n) is 15.7. The van der Waals surface area contributed by atoms with E-state index in [9.17, 15) is 14.4 Å². The SMILES string of the molecule is COC(=O)C1=C(Nc2ccccc2C(=O)OCC(C)C)C(=O)N(CCO)C1.